The molecular formula is C40H35NO12. The molecule has 4 aromatic carbocycles. The van der Waals surface area contributed by atoms with Crippen LogP contribution in [-0.4, -0.2) is 78.3 Å². The highest BCUT2D eigenvalue weighted by molar-refractivity contribution is 6.48. The molecule has 1 heterocycles. The van der Waals surface area contributed by atoms with Crippen molar-refractivity contribution >= 4 is 35.6 Å². The normalized spacial score (nSPS) is 18.1. The molecule has 2 N–H and O–H groups in total. The molecule has 0 saturated carbocycles. The summed E-state index contributed by atoms with van der Waals surface area (Å²) in [5, 5.41) is 20.4. The van der Waals surface area contributed by atoms with Crippen LogP contribution in [0, 0.1) is 5.41 Å². The van der Waals surface area contributed by atoms with Crippen LogP contribution in [0.3, 0.4) is 0 Å². The summed E-state index contributed by atoms with van der Waals surface area (Å²) in [6.07, 6.45) is -6.58. The van der Waals surface area contributed by atoms with E-state index < -0.39 is 77.9 Å². The summed E-state index contributed by atoms with van der Waals surface area (Å²) in [6.45, 7) is 0.406. The van der Waals surface area contributed by atoms with Crippen molar-refractivity contribution in [3.63, 3.8) is 0 Å². The second kappa shape index (κ2) is 18.1. The average Bonchev–Trinajstić information content (AvgIpc) is 3.53. The van der Waals surface area contributed by atoms with Crippen molar-refractivity contribution in [1.82, 2.24) is 0 Å². The topological polar surface area (TPSA) is 185 Å². The number of ether oxygens (including phenoxy) is 6. The highest BCUT2D eigenvalue weighted by Crippen LogP contribution is 2.34. The predicted octanol–water partition coefficient (Wildman–Crippen LogP) is 5.20. The molecule has 1 saturated heterocycles. The van der Waals surface area contributed by atoms with E-state index in [1.54, 1.807) is 84.9 Å². The van der Waals surface area contributed by atoms with E-state index in [-0.39, 0.29) is 29.9 Å². The Hall–Kier alpha value is -6.60. The van der Waals surface area contributed by atoms with Gasteiger partial charge in [0.1, 0.15) is 30.6 Å². The maximum absolute atomic E-state index is 13.5. The van der Waals surface area contributed by atoms with E-state index in [0.29, 0.717) is 5.56 Å². The summed E-state index contributed by atoms with van der Waals surface area (Å²) in [5.74, 6) is -6.23. The molecule has 0 aliphatic carbocycles. The number of aliphatic hydroxyl groups excluding tert-OH is 1. The van der Waals surface area contributed by atoms with Gasteiger partial charge in [-0.2, -0.15) is 0 Å². The van der Waals surface area contributed by atoms with E-state index >= 15 is 0 Å². The molecule has 272 valence electrons. The van der Waals surface area contributed by atoms with Crippen molar-refractivity contribution in [2.45, 2.75) is 37.9 Å². The Kier molecular flexibility index (Phi) is 12.8. The van der Waals surface area contributed by atoms with Gasteiger partial charge in [0.15, 0.2) is 24.0 Å². The van der Waals surface area contributed by atoms with E-state index in [9.17, 15) is 29.1 Å². The van der Waals surface area contributed by atoms with Crippen LogP contribution in [0.4, 0.5) is 0 Å². The molecule has 13 heteroatoms. The van der Waals surface area contributed by atoms with Crippen LogP contribution in [0.5, 0.6) is 0 Å². The maximum Gasteiger partial charge on any atom is 0.357 e. The number of hydrogen-bond acceptors (Lipinski definition) is 13. The lowest BCUT2D eigenvalue weighted by atomic mass is 10.0. The van der Waals surface area contributed by atoms with Gasteiger partial charge in [0.25, 0.3) is 0 Å². The van der Waals surface area contributed by atoms with E-state index in [2.05, 4.69) is 0 Å². The Labute approximate surface area is 304 Å². The summed E-state index contributed by atoms with van der Waals surface area (Å²) < 4.78 is 33.6. The van der Waals surface area contributed by atoms with Crippen LogP contribution in [0.15, 0.2) is 133 Å². The lowest BCUT2D eigenvalue weighted by molar-refractivity contribution is -0.140. The van der Waals surface area contributed by atoms with E-state index in [1.165, 1.54) is 43.3 Å². The van der Waals surface area contributed by atoms with Gasteiger partial charge in [-0.15, -0.1) is 0 Å². The fraction of sp³-hybridized carbons (Fsp3) is 0.200. The highest BCUT2D eigenvalue weighted by Gasteiger charge is 2.53. The number of carbonyl (C=O) groups excluding carboxylic acids is 5. The minimum Gasteiger partial charge on any atom is -0.508 e. The van der Waals surface area contributed by atoms with Gasteiger partial charge in [0.05, 0.1) is 23.3 Å². The van der Waals surface area contributed by atoms with Crippen LogP contribution >= 0.6 is 0 Å². The van der Waals surface area contributed by atoms with Crippen LogP contribution in [0.1, 0.15) is 43.6 Å². The number of carbonyl (C=O) groups is 5. The highest BCUT2D eigenvalue weighted by atomic mass is 16.7. The lowest BCUT2D eigenvalue weighted by Crippen LogP contribution is -2.43. The third kappa shape index (κ3) is 9.60. The van der Waals surface area contributed by atoms with Gasteiger partial charge >= 0.3 is 29.8 Å². The van der Waals surface area contributed by atoms with Crippen molar-refractivity contribution in [2.24, 2.45) is 0 Å². The molecule has 5 rings (SSSR count). The van der Waals surface area contributed by atoms with Crippen molar-refractivity contribution < 1.29 is 57.5 Å². The largest absolute Gasteiger partial charge is 0.508 e. The van der Waals surface area contributed by atoms with Gasteiger partial charge in [-0.3, -0.25) is 5.41 Å². The van der Waals surface area contributed by atoms with Crippen molar-refractivity contribution in [1.29, 1.82) is 5.41 Å². The van der Waals surface area contributed by atoms with Crippen LogP contribution in [0.2, 0.25) is 0 Å². The first kappa shape index (κ1) is 37.7. The smallest absolute Gasteiger partial charge is 0.357 e. The average molecular weight is 722 g/mol. The zero-order chi connectivity index (χ0) is 37.7. The molecule has 13 nitrogen and oxygen atoms in total. The standard InChI is InChI=1S/C40H35NO12/c1-2-48-39(46)30(31(41)40(47)49-23-25-15-7-3-8-16-25)32(42)34-35(53-38(45)28-21-13-6-14-22-28)33(52-37(44)27-19-11-5-12-20-27)29(51-34)24-50-36(43)26-17-9-4-10-18-26/h3-22,29,33-35,41-42H,2,23-24H2,1H3/b32-30+,41-31?/t29-,33-,34+,35-/m1/s1. The maximum atomic E-state index is 13.5. The summed E-state index contributed by atoms with van der Waals surface area (Å²) in [4.78, 5) is 66.3. The van der Waals surface area contributed by atoms with Crippen molar-refractivity contribution in [3.05, 3.63) is 155 Å². The molecule has 4 aromatic rings. The third-order valence-electron chi connectivity index (χ3n) is 7.88. The molecule has 1 aliphatic rings. The lowest BCUT2D eigenvalue weighted by Gasteiger charge is -2.25. The zero-order valence-corrected chi connectivity index (χ0v) is 28.4. The monoisotopic (exact) mass is 721 g/mol. The van der Waals surface area contributed by atoms with Gasteiger partial charge < -0.3 is 33.5 Å². The number of benzene rings is 4. The first-order chi connectivity index (χ1) is 25.7. The Balaban J connectivity index is 1.54. The minimum atomic E-state index is -1.86. The second-order valence-electron chi connectivity index (χ2n) is 11.4. The van der Waals surface area contributed by atoms with Crippen molar-refractivity contribution in [3.8, 4) is 0 Å². The zero-order valence-electron chi connectivity index (χ0n) is 28.4. The van der Waals surface area contributed by atoms with Gasteiger partial charge in [-0.25, -0.2) is 24.0 Å². The number of rotatable bonds is 14. The molecule has 53 heavy (non-hydrogen) atoms. The first-order valence-corrected chi connectivity index (χ1v) is 16.5. The SMILES string of the molecule is CCOC(=O)/C(C(=N)C(=O)OCc1ccccc1)=C(/O)[C@@H]1O[C@H](COC(=O)c2ccccc2)[C@@H](OC(=O)c2ccccc2)[C@H]1OC(=O)c1ccccc1. The van der Waals surface area contributed by atoms with E-state index in [4.69, 9.17) is 33.8 Å². The minimum absolute atomic E-state index is 0.0738. The molecule has 0 aromatic heterocycles. The Morgan fingerprint density at radius 2 is 1.09 bits per heavy atom. The van der Waals surface area contributed by atoms with E-state index in [0.717, 1.165) is 0 Å². The number of nitrogens with one attached hydrogen (secondary N) is 1. The molecule has 1 aliphatic heterocycles. The summed E-state index contributed by atoms with van der Waals surface area (Å²) in [7, 11) is 0. The molecule has 0 radical (unpaired) electrons. The van der Waals surface area contributed by atoms with Crippen LogP contribution in [-0.2, 0) is 44.6 Å². The first-order valence-electron chi connectivity index (χ1n) is 16.5. The molecular weight excluding hydrogens is 686 g/mol. The quantitative estimate of drug-likeness (QED) is 0.0571. The number of aliphatic hydroxyl groups is 1. The second-order valence-corrected chi connectivity index (χ2v) is 11.4. The Morgan fingerprint density at radius 3 is 1.60 bits per heavy atom. The molecule has 4 atom stereocenters. The van der Waals surface area contributed by atoms with Crippen LogP contribution < -0.4 is 0 Å². The summed E-state index contributed by atoms with van der Waals surface area (Å²) in [5.41, 5.74) is -1.08. The van der Waals surface area contributed by atoms with Gasteiger partial charge in [0, 0.05) is 0 Å². The predicted molar refractivity (Wildman–Crippen MR) is 187 cm³/mol. The molecule has 0 bridgehead atoms. The molecule has 0 unspecified atom stereocenters. The van der Waals surface area contributed by atoms with Gasteiger partial charge in [0.2, 0.25) is 0 Å². The molecule has 0 spiro atoms. The van der Waals surface area contributed by atoms with Crippen LogP contribution in [0.25, 0.3) is 0 Å². The summed E-state index contributed by atoms with van der Waals surface area (Å²) in [6, 6.07) is 32.1. The summed E-state index contributed by atoms with van der Waals surface area (Å²) >= 11 is 0. The molecule has 1 fully saturated rings. The van der Waals surface area contributed by atoms with Crippen molar-refractivity contribution in [2.75, 3.05) is 13.2 Å². The fourth-order valence-corrected chi connectivity index (χ4v) is 5.28. The number of esters is 5. The Bertz CT molecular complexity index is 1950. The molecule has 0 amide bonds. The Morgan fingerprint density at radius 1 is 0.623 bits per heavy atom. The third-order valence-corrected chi connectivity index (χ3v) is 7.88. The fourth-order valence-electron chi connectivity index (χ4n) is 5.28. The number of hydrogen-bond donors (Lipinski definition) is 2. The van der Waals surface area contributed by atoms with Gasteiger partial charge in [-0.1, -0.05) is 84.9 Å². The van der Waals surface area contributed by atoms with E-state index in [1.807, 2.05) is 0 Å². The van der Waals surface area contributed by atoms with Gasteiger partial charge in [-0.05, 0) is 48.9 Å².